The minimum absolute atomic E-state index is 0. The van der Waals surface area contributed by atoms with Gasteiger partial charge < -0.3 is 19.0 Å². The molecule has 0 unspecified atom stereocenters. The van der Waals surface area contributed by atoms with E-state index in [-0.39, 0.29) is 20.1 Å². The molecule has 0 saturated carbocycles. The van der Waals surface area contributed by atoms with Gasteiger partial charge in [0, 0.05) is 42.9 Å². The molecule has 0 amide bonds. The number of rotatable bonds is 7. The Bertz CT molecular complexity index is 2760. The zero-order valence-corrected chi connectivity index (χ0v) is 36.0. The summed E-state index contributed by atoms with van der Waals surface area (Å²) in [5, 5.41) is 3.48. The minimum Gasteiger partial charge on any atom is -0.483 e. The molecule has 281 valence electrons. The van der Waals surface area contributed by atoms with E-state index in [4.69, 9.17) is 9.40 Å². The Morgan fingerprint density at radius 2 is 1.50 bits per heavy atom. The molecule has 9 rings (SSSR count). The van der Waals surface area contributed by atoms with Crippen LogP contribution in [0.5, 0.6) is 0 Å². The van der Waals surface area contributed by atoms with Crippen molar-refractivity contribution in [2.24, 2.45) is 5.92 Å². The molecule has 56 heavy (non-hydrogen) atoms. The minimum atomic E-state index is -1.34. The summed E-state index contributed by atoms with van der Waals surface area (Å²) >= 11 is 0. The van der Waals surface area contributed by atoms with Gasteiger partial charge in [-0.2, -0.15) is 0 Å². The zero-order chi connectivity index (χ0) is 38.1. The maximum Gasteiger partial charge on any atom is 0.141 e. The zero-order valence-electron chi connectivity index (χ0n) is 32.6. The van der Waals surface area contributed by atoms with Gasteiger partial charge in [0.1, 0.15) is 11.3 Å². The monoisotopic (exact) mass is 925 g/mol. The number of furan rings is 1. The van der Waals surface area contributed by atoms with Crippen LogP contribution in [0.2, 0.25) is 19.6 Å². The smallest absolute Gasteiger partial charge is 0.141 e. The molecule has 0 saturated heterocycles. The van der Waals surface area contributed by atoms with E-state index < -0.39 is 8.07 Å². The van der Waals surface area contributed by atoms with Crippen LogP contribution in [0.4, 0.5) is 0 Å². The molecule has 9 aromatic rings. The number of pyridine rings is 2. The van der Waals surface area contributed by atoms with E-state index in [2.05, 4.69) is 152 Å². The third-order valence-corrected chi connectivity index (χ3v) is 12.0. The van der Waals surface area contributed by atoms with Gasteiger partial charge in [0.05, 0.1) is 24.9 Å². The largest absolute Gasteiger partial charge is 0.483 e. The van der Waals surface area contributed by atoms with E-state index in [1.54, 1.807) is 0 Å². The van der Waals surface area contributed by atoms with Crippen LogP contribution in [-0.4, -0.2) is 27.6 Å². The predicted molar refractivity (Wildman–Crippen MR) is 231 cm³/mol. The molecule has 0 bridgehead atoms. The van der Waals surface area contributed by atoms with Gasteiger partial charge in [-0.1, -0.05) is 129 Å². The Kier molecular flexibility index (Phi) is 11.3. The first-order chi connectivity index (χ1) is 26.6. The molecule has 0 aliphatic carbocycles. The summed E-state index contributed by atoms with van der Waals surface area (Å²) < 4.78 is 8.15. The molecule has 4 aromatic heterocycles. The van der Waals surface area contributed by atoms with Crippen molar-refractivity contribution in [1.82, 2.24) is 19.5 Å². The molecule has 0 fully saturated rings. The van der Waals surface area contributed by atoms with E-state index in [1.807, 2.05) is 54.6 Å². The van der Waals surface area contributed by atoms with Crippen molar-refractivity contribution in [1.29, 1.82) is 0 Å². The van der Waals surface area contributed by atoms with Gasteiger partial charge in [-0.15, -0.1) is 42.0 Å². The number of imidazole rings is 1. The number of para-hydroxylation sites is 4. The van der Waals surface area contributed by atoms with Crippen molar-refractivity contribution in [2.45, 2.75) is 46.8 Å². The second-order valence-corrected chi connectivity index (χ2v) is 20.6. The summed E-state index contributed by atoms with van der Waals surface area (Å²) in [4.78, 5) is 14.3. The van der Waals surface area contributed by atoms with Crippen LogP contribution in [0, 0.1) is 25.1 Å². The van der Waals surface area contributed by atoms with E-state index >= 15 is 0 Å². The standard InChI is InChI=1S/C31H20N3O.C18H24NSi.Ir/c1-20-14-16-21(17-15-20)23-8-2-5-11-27(23)34-28-12-6-4-10-26(28)33-30(34)22-18-25-24-9-3-7-13-29(24)35-31(25)32-19-22;1-14(2)11-16-12-17(15-9-7-6-8-10-15)19-13-18(16)20(3,4)5;/h2-18H,1H3;6-9,12-14H,11H2,1-5H3;/q2*-1;. The van der Waals surface area contributed by atoms with Gasteiger partial charge in [0.15, 0.2) is 0 Å². The molecule has 0 N–H and O–H groups in total. The van der Waals surface area contributed by atoms with Gasteiger partial charge in [-0.25, -0.2) is 0 Å². The van der Waals surface area contributed by atoms with Crippen LogP contribution in [0.15, 0.2) is 144 Å². The van der Waals surface area contributed by atoms with E-state index in [0.717, 1.165) is 73.3 Å². The first-order valence-corrected chi connectivity index (χ1v) is 22.4. The van der Waals surface area contributed by atoms with Crippen molar-refractivity contribution >= 4 is 46.4 Å². The topological polar surface area (TPSA) is 56.7 Å². The van der Waals surface area contributed by atoms with E-state index in [0.29, 0.717) is 11.6 Å². The number of fused-ring (bicyclic) bond motifs is 4. The first kappa shape index (κ1) is 38.8. The second-order valence-electron chi connectivity index (χ2n) is 15.6. The molecule has 4 heterocycles. The van der Waals surface area contributed by atoms with Crippen molar-refractivity contribution in [3.8, 4) is 39.5 Å². The van der Waals surface area contributed by atoms with Crippen LogP contribution in [0.25, 0.3) is 72.6 Å². The Hall–Kier alpha value is -5.46. The number of benzene rings is 5. The van der Waals surface area contributed by atoms with E-state index in [9.17, 15) is 0 Å². The summed E-state index contributed by atoms with van der Waals surface area (Å²) in [6.07, 6.45) is 6.44. The average Bonchev–Trinajstić information content (AvgIpc) is 3.77. The van der Waals surface area contributed by atoms with Gasteiger partial charge in [0.2, 0.25) is 0 Å². The molecule has 7 heteroatoms. The van der Waals surface area contributed by atoms with Crippen molar-refractivity contribution in [2.75, 3.05) is 0 Å². The summed E-state index contributed by atoms with van der Waals surface area (Å²) in [5.74, 6) is 1.46. The summed E-state index contributed by atoms with van der Waals surface area (Å²) in [5.41, 5.74) is 12.4. The van der Waals surface area contributed by atoms with Gasteiger partial charge in [0.25, 0.3) is 0 Å². The van der Waals surface area contributed by atoms with Gasteiger partial charge in [-0.05, 0) is 71.6 Å². The Morgan fingerprint density at radius 3 is 2.27 bits per heavy atom. The normalized spacial score (nSPS) is 11.5. The molecule has 0 aliphatic rings. The number of hydrogen-bond donors (Lipinski definition) is 0. The third-order valence-electron chi connectivity index (χ3n) is 9.90. The first-order valence-electron chi connectivity index (χ1n) is 18.9. The summed E-state index contributed by atoms with van der Waals surface area (Å²) in [6.45, 7) is 13.8. The third kappa shape index (κ3) is 7.94. The maximum absolute atomic E-state index is 5.93. The Balaban J connectivity index is 0.000000197. The quantitative estimate of drug-likeness (QED) is 0.118. The Morgan fingerprint density at radius 1 is 0.768 bits per heavy atom. The molecule has 5 aromatic carbocycles. The molecule has 5 nitrogen and oxygen atoms in total. The molecular weight excluding hydrogens is 881 g/mol. The summed E-state index contributed by atoms with van der Waals surface area (Å²) in [6, 6.07) is 49.0. The fourth-order valence-corrected chi connectivity index (χ4v) is 8.84. The van der Waals surface area contributed by atoms with Crippen molar-refractivity contribution in [3.63, 3.8) is 0 Å². The SMILES string of the molecule is CC(C)Cc1cc(-c2[c-]cccc2)ncc1[Si](C)(C)C.Cc1ccc(-c2ccccc2-n2c(-c3[c-]nc4oc5ccccc5c4c3)nc3ccccc32)cc1.[Ir]. The number of aromatic nitrogens is 4. The van der Waals surface area contributed by atoms with Crippen LogP contribution in [0.1, 0.15) is 25.0 Å². The Labute approximate surface area is 343 Å². The van der Waals surface area contributed by atoms with Crippen molar-refractivity contribution < 1.29 is 24.5 Å². The number of nitrogens with zero attached hydrogens (tertiary/aromatic N) is 4. The average molecular weight is 925 g/mol. The predicted octanol–water partition coefficient (Wildman–Crippen LogP) is 12.1. The van der Waals surface area contributed by atoms with Gasteiger partial charge >= 0.3 is 0 Å². The molecule has 0 atom stereocenters. The molecular formula is C49H44IrN4OSi-2. The maximum atomic E-state index is 5.93. The van der Waals surface area contributed by atoms with Crippen molar-refractivity contribution in [3.05, 3.63) is 163 Å². The number of aryl methyl sites for hydroxylation is 1. The van der Waals surface area contributed by atoms with Gasteiger partial charge in [-0.3, -0.25) is 4.98 Å². The summed E-state index contributed by atoms with van der Waals surface area (Å²) in [7, 11) is -1.34. The molecule has 0 aliphatic heterocycles. The van der Waals surface area contributed by atoms with E-state index in [1.165, 1.54) is 16.3 Å². The van der Waals surface area contributed by atoms with Crippen LogP contribution >= 0.6 is 0 Å². The number of hydrogen-bond acceptors (Lipinski definition) is 4. The molecule has 1 radical (unpaired) electrons. The van der Waals surface area contributed by atoms with Crippen LogP contribution in [0.3, 0.4) is 0 Å². The molecule has 0 spiro atoms. The van der Waals surface area contributed by atoms with Crippen LogP contribution in [-0.2, 0) is 26.5 Å². The second kappa shape index (κ2) is 16.3. The fraction of sp³-hybridized carbons (Fsp3) is 0.163. The fourth-order valence-electron chi connectivity index (χ4n) is 7.25. The van der Waals surface area contributed by atoms with Crippen LogP contribution < -0.4 is 5.19 Å².